The molecule has 0 aromatic heterocycles. The molecule has 0 atom stereocenters. The number of benzene rings is 1. The van der Waals surface area contributed by atoms with Gasteiger partial charge in [0.2, 0.25) is 5.91 Å². The zero-order valence-electron chi connectivity index (χ0n) is 12.1. The first kappa shape index (κ1) is 14.1. The Morgan fingerprint density at radius 1 is 1.16 bits per heavy atom. The van der Waals surface area contributed by atoms with E-state index in [0.29, 0.717) is 12.3 Å². The van der Waals surface area contributed by atoms with Gasteiger partial charge in [0.15, 0.2) is 0 Å². The van der Waals surface area contributed by atoms with Crippen LogP contribution in [0.15, 0.2) is 30.3 Å². The highest BCUT2D eigenvalue weighted by Gasteiger charge is 2.31. The molecule has 0 unspecified atom stereocenters. The Morgan fingerprint density at radius 3 is 2.42 bits per heavy atom. The van der Waals surface area contributed by atoms with Crippen LogP contribution in [0.25, 0.3) is 0 Å². The molecule has 19 heavy (non-hydrogen) atoms. The van der Waals surface area contributed by atoms with Gasteiger partial charge in [0.05, 0.1) is 6.42 Å². The van der Waals surface area contributed by atoms with Crippen LogP contribution in [0.4, 0.5) is 0 Å². The van der Waals surface area contributed by atoms with Gasteiger partial charge in [0.1, 0.15) is 0 Å². The Morgan fingerprint density at radius 2 is 1.79 bits per heavy atom. The molecule has 0 aliphatic heterocycles. The third kappa shape index (κ3) is 4.09. The van der Waals surface area contributed by atoms with Crippen LogP contribution in [0, 0.1) is 5.92 Å². The van der Waals surface area contributed by atoms with Crippen molar-refractivity contribution in [3.63, 3.8) is 0 Å². The summed E-state index contributed by atoms with van der Waals surface area (Å²) < 4.78 is 0. The number of nitrogens with one attached hydrogen (secondary N) is 1. The molecule has 0 heterocycles. The standard InChI is InChI=1S/C17H25NO/c1-17(2,15-11-7-4-8-12-15)18-16(19)13-14-9-5-3-6-10-14/h3,5-6,9-10,15H,4,7-8,11-13H2,1-2H3,(H,18,19). The molecule has 1 saturated carbocycles. The lowest BCUT2D eigenvalue weighted by Crippen LogP contribution is -2.50. The van der Waals surface area contributed by atoms with Crippen molar-refractivity contribution >= 4 is 5.91 Å². The summed E-state index contributed by atoms with van der Waals surface area (Å²) in [6, 6.07) is 9.96. The van der Waals surface area contributed by atoms with Gasteiger partial charge in [-0.2, -0.15) is 0 Å². The van der Waals surface area contributed by atoms with Gasteiger partial charge >= 0.3 is 0 Å². The molecule has 2 heteroatoms. The largest absolute Gasteiger partial charge is 0.351 e. The summed E-state index contributed by atoms with van der Waals surface area (Å²) in [4.78, 5) is 12.2. The third-order valence-electron chi connectivity index (χ3n) is 4.29. The third-order valence-corrected chi connectivity index (χ3v) is 4.29. The predicted octanol–water partition coefficient (Wildman–Crippen LogP) is 3.70. The Kier molecular flexibility index (Phi) is 4.62. The minimum absolute atomic E-state index is 0.0771. The predicted molar refractivity (Wildman–Crippen MR) is 78.9 cm³/mol. The first-order valence-corrected chi connectivity index (χ1v) is 7.43. The summed E-state index contributed by atoms with van der Waals surface area (Å²) >= 11 is 0. The normalized spacial score (nSPS) is 17.2. The van der Waals surface area contributed by atoms with Crippen LogP contribution in [-0.2, 0) is 11.2 Å². The molecule has 1 aromatic carbocycles. The van der Waals surface area contributed by atoms with Gasteiger partial charge in [0, 0.05) is 5.54 Å². The van der Waals surface area contributed by atoms with E-state index >= 15 is 0 Å². The van der Waals surface area contributed by atoms with Crippen molar-refractivity contribution in [3.8, 4) is 0 Å². The molecule has 0 saturated heterocycles. The second kappa shape index (κ2) is 6.23. The monoisotopic (exact) mass is 259 g/mol. The lowest BCUT2D eigenvalue weighted by molar-refractivity contribution is -0.122. The number of carbonyl (C=O) groups is 1. The summed E-state index contributed by atoms with van der Waals surface area (Å²) in [6.45, 7) is 4.34. The lowest BCUT2D eigenvalue weighted by atomic mass is 9.76. The maximum absolute atomic E-state index is 12.2. The SMILES string of the molecule is CC(C)(NC(=O)Cc1ccccc1)C1CCCCC1. The number of carbonyl (C=O) groups excluding carboxylic acids is 1. The van der Waals surface area contributed by atoms with E-state index in [4.69, 9.17) is 0 Å². The molecule has 0 radical (unpaired) electrons. The minimum Gasteiger partial charge on any atom is -0.351 e. The average Bonchev–Trinajstić information content (AvgIpc) is 2.40. The number of rotatable bonds is 4. The zero-order chi connectivity index (χ0) is 13.7. The first-order valence-electron chi connectivity index (χ1n) is 7.43. The maximum Gasteiger partial charge on any atom is 0.224 e. The van der Waals surface area contributed by atoms with Crippen LogP contribution >= 0.6 is 0 Å². The van der Waals surface area contributed by atoms with Crippen LogP contribution < -0.4 is 5.32 Å². The highest BCUT2D eigenvalue weighted by Crippen LogP contribution is 2.32. The van der Waals surface area contributed by atoms with E-state index in [0.717, 1.165) is 5.56 Å². The molecule has 1 aliphatic carbocycles. The number of amides is 1. The smallest absolute Gasteiger partial charge is 0.224 e. The van der Waals surface area contributed by atoms with Gasteiger partial charge < -0.3 is 5.32 Å². The van der Waals surface area contributed by atoms with E-state index in [-0.39, 0.29) is 11.4 Å². The number of hydrogen-bond acceptors (Lipinski definition) is 1. The average molecular weight is 259 g/mol. The van der Waals surface area contributed by atoms with Crippen LogP contribution in [0.3, 0.4) is 0 Å². The molecule has 1 amide bonds. The molecule has 104 valence electrons. The molecular weight excluding hydrogens is 234 g/mol. The first-order chi connectivity index (χ1) is 9.08. The van der Waals surface area contributed by atoms with Crippen LogP contribution in [0.5, 0.6) is 0 Å². The van der Waals surface area contributed by atoms with Gasteiger partial charge in [-0.05, 0) is 38.2 Å². The Balaban J connectivity index is 1.90. The molecule has 0 bridgehead atoms. The summed E-state index contributed by atoms with van der Waals surface area (Å²) in [5.74, 6) is 0.766. The van der Waals surface area contributed by atoms with Crippen molar-refractivity contribution in [3.05, 3.63) is 35.9 Å². The van der Waals surface area contributed by atoms with Crippen LogP contribution in [0.1, 0.15) is 51.5 Å². The highest BCUT2D eigenvalue weighted by molar-refractivity contribution is 5.79. The molecule has 1 N–H and O–H groups in total. The molecular formula is C17H25NO. The fourth-order valence-corrected chi connectivity index (χ4v) is 3.11. The molecule has 1 aliphatic rings. The van der Waals surface area contributed by atoms with E-state index in [9.17, 15) is 4.79 Å². The van der Waals surface area contributed by atoms with E-state index in [1.54, 1.807) is 0 Å². The minimum atomic E-state index is -0.0771. The molecule has 1 aromatic rings. The molecule has 2 nitrogen and oxygen atoms in total. The Hall–Kier alpha value is -1.31. The number of hydrogen-bond donors (Lipinski definition) is 1. The second-order valence-electron chi connectivity index (χ2n) is 6.27. The van der Waals surface area contributed by atoms with E-state index in [1.165, 1.54) is 32.1 Å². The van der Waals surface area contributed by atoms with Gasteiger partial charge in [0.25, 0.3) is 0 Å². The van der Waals surface area contributed by atoms with E-state index < -0.39 is 0 Å². The second-order valence-corrected chi connectivity index (χ2v) is 6.27. The summed E-state index contributed by atoms with van der Waals surface area (Å²) in [5.41, 5.74) is 1.01. The van der Waals surface area contributed by atoms with Crippen molar-refractivity contribution in [1.82, 2.24) is 5.32 Å². The van der Waals surface area contributed by atoms with Gasteiger partial charge in [-0.25, -0.2) is 0 Å². The lowest BCUT2D eigenvalue weighted by Gasteiger charge is -2.37. The van der Waals surface area contributed by atoms with Crippen molar-refractivity contribution in [2.75, 3.05) is 0 Å². The van der Waals surface area contributed by atoms with Crippen molar-refractivity contribution < 1.29 is 4.79 Å². The summed E-state index contributed by atoms with van der Waals surface area (Å²) in [7, 11) is 0. The van der Waals surface area contributed by atoms with Gasteiger partial charge in [-0.3, -0.25) is 4.79 Å². The van der Waals surface area contributed by atoms with Crippen molar-refractivity contribution in [2.45, 2.75) is 57.9 Å². The summed E-state index contributed by atoms with van der Waals surface area (Å²) in [5, 5.41) is 3.24. The highest BCUT2D eigenvalue weighted by atomic mass is 16.1. The summed E-state index contributed by atoms with van der Waals surface area (Å²) in [6.07, 6.45) is 6.95. The van der Waals surface area contributed by atoms with Crippen molar-refractivity contribution in [2.24, 2.45) is 5.92 Å². The van der Waals surface area contributed by atoms with Crippen LogP contribution in [-0.4, -0.2) is 11.4 Å². The Labute approximate surface area is 116 Å². The Bertz CT molecular complexity index is 405. The maximum atomic E-state index is 12.2. The van der Waals surface area contributed by atoms with Crippen LogP contribution in [0.2, 0.25) is 0 Å². The topological polar surface area (TPSA) is 29.1 Å². The zero-order valence-corrected chi connectivity index (χ0v) is 12.1. The van der Waals surface area contributed by atoms with E-state index in [2.05, 4.69) is 19.2 Å². The van der Waals surface area contributed by atoms with Gasteiger partial charge in [-0.1, -0.05) is 49.6 Å². The molecule has 2 rings (SSSR count). The quantitative estimate of drug-likeness (QED) is 0.877. The fourth-order valence-electron chi connectivity index (χ4n) is 3.11. The van der Waals surface area contributed by atoms with E-state index in [1.807, 2.05) is 30.3 Å². The van der Waals surface area contributed by atoms with Crippen molar-refractivity contribution in [1.29, 1.82) is 0 Å². The molecule has 1 fully saturated rings. The van der Waals surface area contributed by atoms with Gasteiger partial charge in [-0.15, -0.1) is 0 Å². The fraction of sp³-hybridized carbons (Fsp3) is 0.588. The molecule has 0 spiro atoms.